The van der Waals surface area contributed by atoms with Crippen LogP contribution in [0.1, 0.15) is 41.6 Å². The number of carbonyl (C=O) groups excluding carboxylic acids is 2. The average molecular weight is 468 g/mol. The van der Waals surface area contributed by atoms with Gasteiger partial charge in [-0.15, -0.1) is 4.98 Å². The number of benzene rings is 1. The van der Waals surface area contributed by atoms with Crippen molar-refractivity contribution in [3.05, 3.63) is 58.8 Å². The molecule has 2 fully saturated rings. The Balaban J connectivity index is 1.68. The van der Waals surface area contributed by atoms with Gasteiger partial charge in [-0.3, -0.25) is 14.5 Å². The van der Waals surface area contributed by atoms with E-state index < -0.39 is 17.3 Å². The Hall–Kier alpha value is -3.42. The van der Waals surface area contributed by atoms with Gasteiger partial charge < -0.3 is 20.2 Å². The summed E-state index contributed by atoms with van der Waals surface area (Å²) in [4.78, 5) is 36.3. The number of nitrogens with one attached hydrogen (secondary N) is 1. The zero-order valence-corrected chi connectivity index (χ0v) is 18.8. The highest BCUT2D eigenvalue weighted by Crippen LogP contribution is 2.48. The molecule has 1 spiro atoms. The molecule has 0 atom stereocenters. The Labute approximate surface area is 195 Å². The number of aryl methyl sites for hydroxylation is 1. The highest BCUT2D eigenvalue weighted by molar-refractivity contribution is 7.81. The van der Waals surface area contributed by atoms with Crippen molar-refractivity contribution in [1.29, 1.82) is 0 Å². The molecule has 2 amide bonds. The van der Waals surface area contributed by atoms with Crippen LogP contribution in [0, 0.1) is 19.3 Å². The average Bonchev–Trinajstić information content (AvgIpc) is 3.00. The fourth-order valence-electron chi connectivity index (χ4n) is 4.20. The molecule has 2 N–H and O–H groups in total. The fourth-order valence-corrected chi connectivity index (χ4v) is 4.67. The van der Waals surface area contributed by atoms with Crippen molar-refractivity contribution in [2.45, 2.75) is 38.1 Å². The molecule has 2 aliphatic rings. The Morgan fingerprint density at radius 2 is 2.12 bits per heavy atom. The number of nitrogens with zero attached hydrogens (tertiary/aromatic N) is 4. The number of carbonyl (C=O) groups is 2. The van der Waals surface area contributed by atoms with Crippen molar-refractivity contribution in [3.63, 3.8) is 0 Å². The van der Waals surface area contributed by atoms with Gasteiger partial charge in [-0.1, -0.05) is 6.57 Å². The molecule has 10 heteroatoms. The van der Waals surface area contributed by atoms with Gasteiger partial charge in [0.1, 0.15) is 17.6 Å². The lowest BCUT2D eigenvalue weighted by Crippen LogP contribution is -2.55. The van der Waals surface area contributed by atoms with Crippen molar-refractivity contribution < 1.29 is 19.1 Å². The van der Waals surface area contributed by atoms with Crippen molar-refractivity contribution in [2.75, 3.05) is 23.0 Å². The van der Waals surface area contributed by atoms with Gasteiger partial charge in [-0.25, -0.2) is 4.39 Å². The molecule has 2 aromatic rings. The van der Waals surface area contributed by atoms with Crippen LogP contribution in [0.3, 0.4) is 0 Å². The van der Waals surface area contributed by atoms with Crippen LogP contribution >= 0.6 is 12.2 Å². The number of aromatic nitrogens is 1. The zero-order valence-electron chi connectivity index (χ0n) is 18.0. The second kappa shape index (κ2) is 8.84. The largest absolute Gasteiger partial charge is 0.396 e. The third kappa shape index (κ3) is 3.73. The predicted octanol–water partition coefficient (Wildman–Crippen LogP) is 3.25. The van der Waals surface area contributed by atoms with Gasteiger partial charge in [-0.05, 0) is 74.7 Å². The van der Waals surface area contributed by atoms with E-state index in [1.807, 2.05) is 0 Å². The number of amides is 2. The van der Waals surface area contributed by atoms with Crippen LogP contribution in [-0.4, -0.2) is 45.7 Å². The quantitative estimate of drug-likeness (QED) is 0.385. The molecular weight excluding hydrogens is 445 g/mol. The molecule has 0 unspecified atom stereocenters. The first-order chi connectivity index (χ1) is 15.8. The van der Waals surface area contributed by atoms with Crippen LogP contribution in [0.4, 0.5) is 21.6 Å². The Morgan fingerprint density at radius 3 is 2.70 bits per heavy atom. The van der Waals surface area contributed by atoms with Crippen LogP contribution in [0.5, 0.6) is 0 Å². The summed E-state index contributed by atoms with van der Waals surface area (Å²) in [6.07, 6.45) is 3.79. The lowest BCUT2D eigenvalue weighted by Gasteiger charge is -2.43. The number of aliphatic hydroxyl groups is 1. The molecule has 0 bridgehead atoms. The van der Waals surface area contributed by atoms with Gasteiger partial charge in [0.15, 0.2) is 5.11 Å². The van der Waals surface area contributed by atoms with Crippen molar-refractivity contribution in [2.24, 2.45) is 0 Å². The summed E-state index contributed by atoms with van der Waals surface area (Å²) >= 11 is 5.67. The van der Waals surface area contributed by atoms with E-state index in [1.54, 1.807) is 24.0 Å². The standard InChI is InChI=1S/C23H22FN5O3S/c1-14-11-16(13-27-19(14)25-2)28-21(32)23(7-3-8-23)29(22(28)33)15-5-6-17(18(24)12-15)20(31)26-9-4-10-30/h5-6,11-13,30H,3-4,7-10H2,1H3,(H,26,31). The van der Waals surface area contributed by atoms with Gasteiger partial charge >= 0.3 is 0 Å². The van der Waals surface area contributed by atoms with E-state index in [0.29, 0.717) is 36.2 Å². The molecule has 33 heavy (non-hydrogen) atoms. The molecular formula is C23H22FN5O3S. The number of thiocarbonyl (C=S) groups is 1. The Morgan fingerprint density at radius 1 is 1.36 bits per heavy atom. The third-order valence-corrected chi connectivity index (χ3v) is 6.43. The van der Waals surface area contributed by atoms with E-state index in [1.165, 1.54) is 23.2 Å². The van der Waals surface area contributed by atoms with Crippen LogP contribution in [0.2, 0.25) is 0 Å². The first-order valence-electron chi connectivity index (χ1n) is 10.6. The van der Waals surface area contributed by atoms with Crippen LogP contribution < -0.4 is 15.1 Å². The first kappa shape index (κ1) is 22.8. The number of hydrogen-bond acceptors (Lipinski definition) is 5. The monoisotopic (exact) mass is 467 g/mol. The third-order valence-electron chi connectivity index (χ3n) is 6.07. The summed E-state index contributed by atoms with van der Waals surface area (Å²) in [5, 5.41) is 11.6. The number of anilines is 2. The smallest absolute Gasteiger partial charge is 0.272 e. The summed E-state index contributed by atoms with van der Waals surface area (Å²) in [6, 6.07) is 5.87. The van der Waals surface area contributed by atoms with Crippen molar-refractivity contribution in [3.8, 4) is 0 Å². The number of aliphatic hydroxyl groups excluding tert-OH is 1. The van der Waals surface area contributed by atoms with Gasteiger partial charge in [0, 0.05) is 18.8 Å². The lowest BCUT2D eigenvalue weighted by molar-refractivity contribution is -0.123. The predicted molar refractivity (Wildman–Crippen MR) is 125 cm³/mol. The van der Waals surface area contributed by atoms with E-state index >= 15 is 0 Å². The molecule has 1 aromatic carbocycles. The van der Waals surface area contributed by atoms with Gasteiger partial charge in [0.25, 0.3) is 17.6 Å². The fraction of sp³-hybridized carbons (Fsp3) is 0.348. The number of rotatable bonds is 6. The van der Waals surface area contributed by atoms with E-state index in [2.05, 4.69) is 15.1 Å². The minimum Gasteiger partial charge on any atom is -0.396 e. The summed E-state index contributed by atoms with van der Waals surface area (Å²) in [6.45, 7) is 9.08. The molecule has 2 heterocycles. The normalized spacial score (nSPS) is 16.7. The number of pyridine rings is 1. The van der Waals surface area contributed by atoms with Gasteiger partial charge in [0.05, 0.1) is 11.3 Å². The van der Waals surface area contributed by atoms with Crippen LogP contribution in [0.25, 0.3) is 4.85 Å². The second-order valence-corrected chi connectivity index (χ2v) is 8.45. The minimum atomic E-state index is -0.902. The van der Waals surface area contributed by atoms with E-state index in [4.69, 9.17) is 23.9 Å². The van der Waals surface area contributed by atoms with Crippen molar-refractivity contribution in [1.82, 2.24) is 10.3 Å². The Bertz CT molecular complexity index is 1190. The van der Waals surface area contributed by atoms with Crippen LogP contribution in [0.15, 0.2) is 30.5 Å². The molecule has 1 saturated carbocycles. The minimum absolute atomic E-state index is 0.0730. The molecule has 170 valence electrons. The lowest BCUT2D eigenvalue weighted by atomic mass is 9.75. The summed E-state index contributed by atoms with van der Waals surface area (Å²) < 4.78 is 14.9. The van der Waals surface area contributed by atoms with Gasteiger partial charge in [0.2, 0.25) is 0 Å². The summed E-state index contributed by atoms with van der Waals surface area (Å²) in [5.74, 6) is -1.26. The SMILES string of the molecule is [C-]#[N+]c1ncc(N2C(=O)C3(CCC3)N(c3ccc(C(=O)NCCCO)c(F)c3)C2=S)cc1C. The maximum absolute atomic E-state index is 14.9. The Kier molecular flexibility index (Phi) is 6.10. The molecule has 8 nitrogen and oxygen atoms in total. The maximum atomic E-state index is 14.9. The van der Waals surface area contributed by atoms with E-state index in [9.17, 15) is 14.0 Å². The van der Waals surface area contributed by atoms with E-state index in [0.717, 1.165) is 6.42 Å². The number of hydrogen-bond donors (Lipinski definition) is 2. The first-order valence-corrected chi connectivity index (χ1v) is 11.0. The highest BCUT2D eigenvalue weighted by atomic mass is 32.1. The van der Waals surface area contributed by atoms with Gasteiger partial charge in [-0.2, -0.15) is 0 Å². The second-order valence-electron chi connectivity index (χ2n) is 8.09. The van der Waals surface area contributed by atoms with E-state index in [-0.39, 0.29) is 35.6 Å². The molecule has 4 rings (SSSR count). The molecule has 1 aliphatic carbocycles. The highest BCUT2D eigenvalue weighted by Gasteiger charge is 2.59. The topological polar surface area (TPSA) is 90.1 Å². The summed E-state index contributed by atoms with van der Waals surface area (Å²) in [5.41, 5.74) is 0.455. The molecule has 1 aromatic heterocycles. The summed E-state index contributed by atoms with van der Waals surface area (Å²) in [7, 11) is 0. The molecule has 1 saturated heterocycles. The number of halogens is 1. The zero-order chi connectivity index (χ0) is 23.8. The van der Waals surface area contributed by atoms with Crippen LogP contribution in [-0.2, 0) is 4.79 Å². The maximum Gasteiger partial charge on any atom is 0.272 e. The molecule has 1 aliphatic heterocycles. The molecule has 0 radical (unpaired) electrons. The van der Waals surface area contributed by atoms with Crippen molar-refractivity contribution >= 4 is 46.3 Å².